The molecule has 4 rings (SSSR count). The molecule has 2 N–H and O–H groups in total. The van der Waals surface area contributed by atoms with Crippen LogP contribution in [0.1, 0.15) is 50.2 Å². The van der Waals surface area contributed by atoms with Gasteiger partial charge in [-0.1, -0.05) is 23.2 Å². The summed E-state index contributed by atoms with van der Waals surface area (Å²) in [5.74, 6) is 3.04. The van der Waals surface area contributed by atoms with Crippen LogP contribution < -0.4 is 10.5 Å². The molecule has 8 nitrogen and oxygen atoms in total. The topological polar surface area (TPSA) is 113 Å². The van der Waals surface area contributed by atoms with Gasteiger partial charge in [0.05, 0.1) is 12.1 Å². The molecule has 1 aliphatic rings. The first kappa shape index (κ1) is 20.3. The summed E-state index contributed by atoms with van der Waals surface area (Å²) in [6.07, 6.45) is 5.09. The third-order valence-electron chi connectivity index (χ3n) is 4.85. The second kappa shape index (κ2) is 8.70. The first-order valence-corrected chi connectivity index (χ1v) is 9.34. The number of aromatic nitrogens is 4. The van der Waals surface area contributed by atoms with Gasteiger partial charge in [0.25, 0.3) is 0 Å². The molecular weight excluding hydrogens is 382 g/mol. The van der Waals surface area contributed by atoms with Crippen molar-refractivity contribution in [2.45, 2.75) is 51.0 Å². The van der Waals surface area contributed by atoms with Crippen molar-refractivity contribution in [2.75, 3.05) is 6.61 Å². The minimum Gasteiger partial charge on any atom is -0.494 e. The Hall–Kier alpha value is -2.45. The maximum absolute atomic E-state index is 6.36. The van der Waals surface area contributed by atoms with Gasteiger partial charge in [0.1, 0.15) is 5.75 Å². The van der Waals surface area contributed by atoms with Crippen LogP contribution in [0.25, 0.3) is 11.4 Å². The standard InChI is InChI=1S/C19H23N5O3.ClH/c1-2-25-14-7-5-13(6-8-14)17-21-15(26-23-17)9-10-16-22-18(24-27-16)19(20)11-3-4-12-19;/h5-8H,2-4,9-12,20H2,1H3;1H. The summed E-state index contributed by atoms with van der Waals surface area (Å²) in [6, 6.07) is 7.60. The average Bonchev–Trinajstić information content (AvgIpc) is 3.42. The monoisotopic (exact) mass is 405 g/mol. The Morgan fingerprint density at radius 1 is 1.00 bits per heavy atom. The van der Waals surface area contributed by atoms with Crippen LogP contribution in [-0.2, 0) is 18.4 Å². The molecule has 9 heteroatoms. The predicted molar refractivity (Wildman–Crippen MR) is 104 cm³/mol. The molecule has 0 spiro atoms. The van der Waals surface area contributed by atoms with Crippen LogP contribution >= 0.6 is 12.4 Å². The molecule has 2 aromatic heterocycles. The fourth-order valence-corrected chi connectivity index (χ4v) is 3.34. The fraction of sp³-hybridized carbons (Fsp3) is 0.474. The average molecular weight is 406 g/mol. The third kappa shape index (κ3) is 4.34. The molecule has 1 aliphatic carbocycles. The highest BCUT2D eigenvalue weighted by Gasteiger charge is 2.35. The van der Waals surface area contributed by atoms with Gasteiger partial charge in [0.2, 0.25) is 17.6 Å². The molecule has 0 aliphatic heterocycles. The number of benzene rings is 1. The van der Waals surface area contributed by atoms with E-state index in [1.54, 1.807) is 0 Å². The molecule has 2 heterocycles. The number of nitrogens with two attached hydrogens (primary N) is 1. The van der Waals surface area contributed by atoms with Crippen LogP contribution in [0.3, 0.4) is 0 Å². The SMILES string of the molecule is CCOc1ccc(-c2noc(CCc3nc(C4(N)CCCC4)no3)n2)cc1.Cl. The molecule has 0 atom stereocenters. The van der Waals surface area contributed by atoms with Crippen molar-refractivity contribution >= 4 is 12.4 Å². The quantitative estimate of drug-likeness (QED) is 0.635. The second-order valence-corrected chi connectivity index (χ2v) is 6.84. The number of hydrogen-bond donors (Lipinski definition) is 1. The maximum Gasteiger partial charge on any atom is 0.227 e. The highest BCUT2D eigenvalue weighted by molar-refractivity contribution is 5.85. The summed E-state index contributed by atoms with van der Waals surface area (Å²) in [4.78, 5) is 8.90. The predicted octanol–water partition coefficient (Wildman–Crippen LogP) is 3.45. The van der Waals surface area contributed by atoms with Crippen LogP contribution in [0.5, 0.6) is 5.75 Å². The van der Waals surface area contributed by atoms with Gasteiger partial charge >= 0.3 is 0 Å². The van der Waals surface area contributed by atoms with E-state index in [-0.39, 0.29) is 12.4 Å². The lowest BCUT2D eigenvalue weighted by molar-refractivity contribution is 0.339. The van der Waals surface area contributed by atoms with E-state index >= 15 is 0 Å². The minimum absolute atomic E-state index is 0. The summed E-state index contributed by atoms with van der Waals surface area (Å²) in [5, 5.41) is 8.11. The van der Waals surface area contributed by atoms with E-state index < -0.39 is 5.54 Å². The van der Waals surface area contributed by atoms with E-state index in [4.69, 9.17) is 19.5 Å². The van der Waals surface area contributed by atoms with Crippen molar-refractivity contribution in [3.05, 3.63) is 41.9 Å². The maximum atomic E-state index is 6.36. The number of halogens is 1. The minimum atomic E-state index is -0.437. The Bertz CT molecular complexity index is 887. The number of rotatable bonds is 7. The molecule has 1 aromatic carbocycles. The Balaban J connectivity index is 0.00000225. The molecule has 0 unspecified atom stereocenters. The highest BCUT2D eigenvalue weighted by Crippen LogP contribution is 2.34. The summed E-state index contributed by atoms with van der Waals surface area (Å²) in [6.45, 7) is 2.58. The Kier molecular flexibility index (Phi) is 6.31. The van der Waals surface area contributed by atoms with E-state index in [1.165, 1.54) is 0 Å². The summed E-state index contributed by atoms with van der Waals surface area (Å²) in [5.41, 5.74) is 6.80. The van der Waals surface area contributed by atoms with Crippen LogP contribution in [0.2, 0.25) is 0 Å². The second-order valence-electron chi connectivity index (χ2n) is 6.84. The van der Waals surface area contributed by atoms with E-state index in [1.807, 2.05) is 31.2 Å². The molecule has 0 saturated heterocycles. The van der Waals surface area contributed by atoms with Crippen molar-refractivity contribution < 1.29 is 13.8 Å². The van der Waals surface area contributed by atoms with Crippen LogP contribution in [0.4, 0.5) is 0 Å². The van der Waals surface area contributed by atoms with Crippen LogP contribution in [-0.4, -0.2) is 26.9 Å². The zero-order chi connectivity index (χ0) is 18.7. The van der Waals surface area contributed by atoms with E-state index in [2.05, 4.69) is 20.3 Å². The van der Waals surface area contributed by atoms with E-state index in [0.29, 0.717) is 42.9 Å². The Labute approximate surface area is 169 Å². The van der Waals surface area contributed by atoms with E-state index in [0.717, 1.165) is 37.0 Å². The molecule has 1 saturated carbocycles. The number of aryl methyl sites for hydroxylation is 2. The van der Waals surface area contributed by atoms with Crippen molar-refractivity contribution in [1.29, 1.82) is 0 Å². The lowest BCUT2D eigenvalue weighted by Crippen LogP contribution is -2.34. The van der Waals surface area contributed by atoms with Crippen molar-refractivity contribution in [2.24, 2.45) is 5.73 Å². The fourth-order valence-electron chi connectivity index (χ4n) is 3.34. The van der Waals surface area contributed by atoms with Gasteiger partial charge in [-0.05, 0) is 44.0 Å². The summed E-state index contributed by atoms with van der Waals surface area (Å²) in [7, 11) is 0. The highest BCUT2D eigenvalue weighted by atomic mass is 35.5. The Morgan fingerprint density at radius 2 is 1.64 bits per heavy atom. The van der Waals surface area contributed by atoms with Gasteiger partial charge in [-0.2, -0.15) is 9.97 Å². The van der Waals surface area contributed by atoms with Gasteiger partial charge < -0.3 is 19.5 Å². The number of hydrogen-bond acceptors (Lipinski definition) is 8. The zero-order valence-corrected chi connectivity index (χ0v) is 16.6. The van der Waals surface area contributed by atoms with Gasteiger partial charge in [-0.25, -0.2) is 0 Å². The first-order valence-electron chi connectivity index (χ1n) is 9.34. The molecule has 28 heavy (non-hydrogen) atoms. The lowest BCUT2D eigenvalue weighted by Gasteiger charge is -2.17. The smallest absolute Gasteiger partial charge is 0.227 e. The molecule has 0 bridgehead atoms. The van der Waals surface area contributed by atoms with E-state index in [9.17, 15) is 0 Å². The summed E-state index contributed by atoms with van der Waals surface area (Å²) < 4.78 is 16.1. The lowest BCUT2D eigenvalue weighted by atomic mass is 9.99. The molecule has 0 amide bonds. The first-order chi connectivity index (χ1) is 13.2. The summed E-state index contributed by atoms with van der Waals surface area (Å²) >= 11 is 0. The van der Waals surface area contributed by atoms with Gasteiger partial charge in [-0.15, -0.1) is 12.4 Å². The zero-order valence-electron chi connectivity index (χ0n) is 15.8. The molecule has 150 valence electrons. The van der Waals surface area contributed by atoms with Gasteiger partial charge in [-0.3, -0.25) is 0 Å². The number of ether oxygens (including phenoxy) is 1. The molecular formula is C19H24ClN5O3. The van der Waals surface area contributed by atoms with Gasteiger partial charge in [0.15, 0.2) is 5.82 Å². The third-order valence-corrected chi connectivity index (χ3v) is 4.85. The Morgan fingerprint density at radius 3 is 2.32 bits per heavy atom. The molecule has 0 radical (unpaired) electrons. The van der Waals surface area contributed by atoms with Crippen molar-refractivity contribution in [1.82, 2.24) is 20.3 Å². The van der Waals surface area contributed by atoms with Crippen molar-refractivity contribution in [3.63, 3.8) is 0 Å². The van der Waals surface area contributed by atoms with Gasteiger partial charge in [0, 0.05) is 18.4 Å². The van der Waals surface area contributed by atoms with Crippen molar-refractivity contribution in [3.8, 4) is 17.1 Å². The van der Waals surface area contributed by atoms with Crippen LogP contribution in [0.15, 0.2) is 33.3 Å². The molecule has 3 aromatic rings. The number of nitrogens with zero attached hydrogens (tertiary/aromatic N) is 4. The normalized spacial score (nSPS) is 15.4. The molecule has 1 fully saturated rings. The van der Waals surface area contributed by atoms with Crippen LogP contribution in [0, 0.1) is 0 Å². The largest absolute Gasteiger partial charge is 0.494 e.